The van der Waals surface area contributed by atoms with E-state index < -0.39 is 11.9 Å². The molecule has 1 heterocycles. The molecule has 1 aliphatic rings. The quantitative estimate of drug-likeness (QED) is 0.494. The second kappa shape index (κ2) is 9.90. The van der Waals surface area contributed by atoms with Crippen molar-refractivity contribution in [1.82, 2.24) is 4.90 Å². The van der Waals surface area contributed by atoms with Gasteiger partial charge in [-0.2, -0.15) is 5.26 Å². The molecule has 3 aromatic carbocycles. The van der Waals surface area contributed by atoms with Crippen LogP contribution in [0.3, 0.4) is 0 Å². The van der Waals surface area contributed by atoms with Crippen molar-refractivity contribution in [2.45, 2.75) is 25.8 Å². The van der Waals surface area contributed by atoms with Crippen LogP contribution < -0.4 is 4.90 Å². The Kier molecular flexibility index (Phi) is 6.76. The number of hydrogen-bond acceptors (Lipinski definition) is 4. The lowest BCUT2D eigenvalue weighted by molar-refractivity contribution is -0.122. The maximum atomic E-state index is 13.5. The van der Waals surface area contributed by atoms with E-state index in [-0.39, 0.29) is 24.8 Å². The normalized spacial score (nSPS) is 15.3. The Morgan fingerprint density at radius 2 is 1.79 bits per heavy atom. The topological polar surface area (TPSA) is 81.5 Å². The maximum Gasteiger partial charge on any atom is 0.257 e. The number of imide groups is 1. The first-order chi connectivity index (χ1) is 16.4. The van der Waals surface area contributed by atoms with E-state index in [0.29, 0.717) is 28.3 Å². The van der Waals surface area contributed by atoms with Crippen molar-refractivity contribution < 1.29 is 14.4 Å². The fourth-order valence-corrected chi connectivity index (χ4v) is 4.23. The second-order valence-electron chi connectivity index (χ2n) is 8.19. The lowest BCUT2D eigenvalue weighted by Gasteiger charge is -2.28. The van der Waals surface area contributed by atoms with Gasteiger partial charge in [0.1, 0.15) is 6.04 Å². The first kappa shape index (κ1) is 23.2. The van der Waals surface area contributed by atoms with E-state index in [1.807, 2.05) is 43.3 Å². The molecule has 0 aromatic heterocycles. The van der Waals surface area contributed by atoms with Crippen LogP contribution in [-0.4, -0.2) is 35.2 Å². The van der Waals surface area contributed by atoms with Crippen molar-refractivity contribution in [3.05, 3.63) is 100 Å². The van der Waals surface area contributed by atoms with Crippen molar-refractivity contribution in [2.24, 2.45) is 0 Å². The average Bonchev–Trinajstić information content (AvgIpc) is 3.13. The van der Waals surface area contributed by atoms with Crippen LogP contribution >= 0.6 is 11.6 Å². The third-order valence-electron chi connectivity index (χ3n) is 5.84. The van der Waals surface area contributed by atoms with E-state index >= 15 is 0 Å². The zero-order chi connectivity index (χ0) is 24.2. The number of carbonyl (C=O) groups excluding carboxylic acids is 3. The summed E-state index contributed by atoms with van der Waals surface area (Å²) in [6, 6.07) is 21.8. The number of halogens is 1. The van der Waals surface area contributed by atoms with Gasteiger partial charge in [0.05, 0.1) is 23.7 Å². The van der Waals surface area contributed by atoms with Gasteiger partial charge in [0.2, 0.25) is 5.91 Å². The number of nitrogens with zero attached hydrogens (tertiary/aromatic N) is 3. The van der Waals surface area contributed by atoms with Gasteiger partial charge in [0.25, 0.3) is 11.8 Å². The molecule has 170 valence electrons. The second-order valence-corrected chi connectivity index (χ2v) is 8.63. The Morgan fingerprint density at radius 1 is 1.09 bits per heavy atom. The van der Waals surface area contributed by atoms with E-state index in [1.165, 1.54) is 4.90 Å². The van der Waals surface area contributed by atoms with E-state index in [1.54, 1.807) is 42.5 Å². The Balaban J connectivity index is 1.63. The van der Waals surface area contributed by atoms with Gasteiger partial charge in [-0.1, -0.05) is 41.4 Å². The molecule has 1 atom stereocenters. The number of nitriles is 1. The first-order valence-corrected chi connectivity index (χ1v) is 11.2. The molecule has 1 saturated heterocycles. The van der Waals surface area contributed by atoms with E-state index in [0.717, 1.165) is 16.0 Å². The Morgan fingerprint density at radius 3 is 2.44 bits per heavy atom. The summed E-state index contributed by atoms with van der Waals surface area (Å²) in [5.41, 5.74) is 3.20. The minimum absolute atomic E-state index is 0.105. The van der Waals surface area contributed by atoms with Gasteiger partial charge in [0.15, 0.2) is 0 Å². The highest BCUT2D eigenvalue weighted by Gasteiger charge is 2.44. The van der Waals surface area contributed by atoms with Crippen molar-refractivity contribution in [3.8, 4) is 6.07 Å². The molecule has 0 saturated carbocycles. The molecule has 0 bridgehead atoms. The van der Waals surface area contributed by atoms with Gasteiger partial charge in [-0.3, -0.25) is 14.4 Å². The molecule has 0 N–H and O–H groups in total. The van der Waals surface area contributed by atoms with Crippen LogP contribution in [0.2, 0.25) is 5.02 Å². The van der Waals surface area contributed by atoms with Crippen LogP contribution in [0.4, 0.5) is 5.69 Å². The summed E-state index contributed by atoms with van der Waals surface area (Å²) in [7, 11) is 0. The SMILES string of the molecule is Cc1ccc(C(=O)N(CCc2cccc(Cl)c2)C2CC(=O)N(c3ccc(C#N)cc3)C2=O)cc1. The van der Waals surface area contributed by atoms with Crippen molar-refractivity contribution in [3.63, 3.8) is 0 Å². The first-order valence-electron chi connectivity index (χ1n) is 10.9. The number of hydrogen-bond donors (Lipinski definition) is 0. The third-order valence-corrected chi connectivity index (χ3v) is 6.08. The maximum absolute atomic E-state index is 13.5. The van der Waals surface area contributed by atoms with E-state index in [4.69, 9.17) is 16.9 Å². The summed E-state index contributed by atoms with van der Waals surface area (Å²) in [5.74, 6) is -1.15. The van der Waals surface area contributed by atoms with Gasteiger partial charge in [-0.25, -0.2) is 4.90 Å². The number of anilines is 1. The Bertz CT molecular complexity index is 1280. The summed E-state index contributed by atoms with van der Waals surface area (Å²) < 4.78 is 0. The van der Waals surface area contributed by atoms with Crippen molar-refractivity contribution >= 4 is 35.0 Å². The largest absolute Gasteiger partial charge is 0.326 e. The van der Waals surface area contributed by atoms with Gasteiger partial charge >= 0.3 is 0 Å². The van der Waals surface area contributed by atoms with Crippen molar-refractivity contribution in [2.75, 3.05) is 11.4 Å². The van der Waals surface area contributed by atoms with E-state index in [9.17, 15) is 14.4 Å². The summed E-state index contributed by atoms with van der Waals surface area (Å²) >= 11 is 6.11. The van der Waals surface area contributed by atoms with Crippen LogP contribution in [-0.2, 0) is 16.0 Å². The molecule has 0 aliphatic carbocycles. The van der Waals surface area contributed by atoms with Gasteiger partial charge in [-0.15, -0.1) is 0 Å². The minimum Gasteiger partial charge on any atom is -0.326 e. The monoisotopic (exact) mass is 471 g/mol. The molecule has 1 fully saturated rings. The molecule has 1 aliphatic heterocycles. The highest BCUT2D eigenvalue weighted by atomic mass is 35.5. The molecule has 7 heteroatoms. The summed E-state index contributed by atoms with van der Waals surface area (Å²) in [6.45, 7) is 2.18. The molecule has 1 unspecified atom stereocenters. The summed E-state index contributed by atoms with van der Waals surface area (Å²) in [5, 5.41) is 9.61. The van der Waals surface area contributed by atoms with Crippen molar-refractivity contribution in [1.29, 1.82) is 5.26 Å². The van der Waals surface area contributed by atoms with Gasteiger partial charge in [0, 0.05) is 17.1 Å². The predicted octanol–water partition coefficient (Wildman–Crippen LogP) is 4.54. The highest BCUT2D eigenvalue weighted by Crippen LogP contribution is 2.27. The highest BCUT2D eigenvalue weighted by molar-refractivity contribution is 6.30. The third kappa shape index (κ3) is 4.85. The molecule has 4 rings (SSSR count). The molecule has 6 nitrogen and oxygen atoms in total. The standard InChI is InChI=1S/C27H22ClN3O3/c1-18-5-9-21(10-6-18)26(33)30(14-13-19-3-2-4-22(28)15-19)24-16-25(32)31(27(24)34)23-11-7-20(17-29)8-12-23/h2-12,15,24H,13-14,16H2,1H3. The number of amides is 3. The molecular weight excluding hydrogens is 450 g/mol. The van der Waals surface area contributed by atoms with Crippen LogP contribution in [0.25, 0.3) is 0 Å². The number of rotatable bonds is 6. The Labute approximate surface area is 203 Å². The zero-order valence-electron chi connectivity index (χ0n) is 18.6. The molecule has 0 radical (unpaired) electrons. The number of aryl methyl sites for hydroxylation is 1. The van der Waals surface area contributed by atoms with Crippen LogP contribution in [0.15, 0.2) is 72.8 Å². The smallest absolute Gasteiger partial charge is 0.257 e. The molecular formula is C27H22ClN3O3. The number of carbonyl (C=O) groups is 3. The van der Waals surface area contributed by atoms with Crippen LogP contribution in [0, 0.1) is 18.3 Å². The lowest BCUT2D eigenvalue weighted by Crippen LogP contribution is -2.46. The fourth-order valence-electron chi connectivity index (χ4n) is 4.02. The van der Waals surface area contributed by atoms with Gasteiger partial charge < -0.3 is 4.90 Å². The van der Waals surface area contributed by atoms with Gasteiger partial charge in [-0.05, 0) is 67.4 Å². The van der Waals surface area contributed by atoms with Crippen LogP contribution in [0.5, 0.6) is 0 Å². The molecule has 3 aromatic rings. The minimum atomic E-state index is -0.920. The summed E-state index contributed by atoms with van der Waals surface area (Å²) in [4.78, 5) is 42.3. The molecule has 0 spiro atoms. The summed E-state index contributed by atoms with van der Waals surface area (Å²) in [6.07, 6.45) is 0.374. The Hall–Kier alpha value is -3.95. The average molecular weight is 472 g/mol. The lowest BCUT2D eigenvalue weighted by atomic mass is 10.1. The molecule has 3 amide bonds. The predicted molar refractivity (Wildman–Crippen MR) is 129 cm³/mol. The fraction of sp³-hybridized carbons (Fsp3) is 0.185. The number of benzene rings is 3. The van der Waals surface area contributed by atoms with E-state index in [2.05, 4.69) is 0 Å². The molecule has 34 heavy (non-hydrogen) atoms. The zero-order valence-corrected chi connectivity index (χ0v) is 19.3. The van der Waals surface area contributed by atoms with Crippen LogP contribution in [0.1, 0.15) is 33.5 Å².